The van der Waals surface area contributed by atoms with Gasteiger partial charge in [0, 0.05) is 43.1 Å². The summed E-state index contributed by atoms with van der Waals surface area (Å²) in [6.45, 7) is 6.71. The van der Waals surface area contributed by atoms with Crippen LogP contribution in [0.3, 0.4) is 0 Å². The number of methoxy groups -OCH3 is 1. The van der Waals surface area contributed by atoms with Crippen molar-refractivity contribution in [1.82, 2.24) is 10.2 Å². The summed E-state index contributed by atoms with van der Waals surface area (Å²) in [7, 11) is 5.13. The molecule has 182 valence electrons. The molecule has 3 atom stereocenters. The van der Waals surface area contributed by atoms with Gasteiger partial charge >= 0.3 is 6.09 Å². The number of hydrogen-bond acceptors (Lipinski definition) is 4. The number of fused-ring (bicyclic) bond motifs is 4. The minimum absolute atomic E-state index is 0.0618. The number of carbonyl (C=O) groups excluding carboxylic acids is 1. The molecule has 0 spiro atoms. The molecule has 0 saturated carbocycles. The molecule has 1 N–H and O–H groups in total. The molecule has 5 rings (SSSR count). The summed E-state index contributed by atoms with van der Waals surface area (Å²) in [6.07, 6.45) is 7.45. The summed E-state index contributed by atoms with van der Waals surface area (Å²) in [5.41, 5.74) is 7.60. The molecule has 0 saturated heterocycles. The molecule has 1 amide bonds. The number of rotatable bonds is 3. The van der Waals surface area contributed by atoms with Crippen molar-refractivity contribution in [3.05, 3.63) is 88.5 Å². The van der Waals surface area contributed by atoms with Gasteiger partial charge in [0.25, 0.3) is 0 Å². The van der Waals surface area contributed by atoms with Gasteiger partial charge in [-0.15, -0.1) is 0 Å². The van der Waals surface area contributed by atoms with E-state index < -0.39 is 0 Å². The van der Waals surface area contributed by atoms with Crippen LogP contribution in [0.2, 0.25) is 0 Å². The van der Waals surface area contributed by atoms with Crippen molar-refractivity contribution in [3.8, 4) is 11.5 Å². The number of nitrogens with one attached hydrogen (secondary N) is 1. The average Bonchev–Trinajstić information content (AvgIpc) is 2.81. The normalized spacial score (nSPS) is 24.1. The SMILES string of the molecule is COc1cccc2c1C1=C(C(c3cccc(OC(=O)N(C)C)c3)C2)C2C(C)=CC(C)(C)NC2C=C1. The van der Waals surface area contributed by atoms with Crippen LogP contribution in [-0.2, 0) is 6.42 Å². The third kappa shape index (κ3) is 4.19. The maximum Gasteiger partial charge on any atom is 0.414 e. The van der Waals surface area contributed by atoms with Crippen molar-refractivity contribution in [2.45, 2.75) is 44.7 Å². The zero-order valence-corrected chi connectivity index (χ0v) is 21.4. The summed E-state index contributed by atoms with van der Waals surface area (Å²) in [6, 6.07) is 14.6. The van der Waals surface area contributed by atoms with Gasteiger partial charge in [-0.3, -0.25) is 0 Å². The van der Waals surface area contributed by atoms with E-state index in [1.807, 2.05) is 18.2 Å². The molecule has 1 aliphatic heterocycles. The standard InChI is InChI=1S/C30H34N2O3/c1-18-17-30(2,3)31-24-14-13-22-27-20(10-8-12-25(27)34-6)16-23(28(22)26(18)24)19-9-7-11-21(15-19)35-29(33)32(4)5/h7-15,17,23-24,26,31H,16H2,1-6H3. The van der Waals surface area contributed by atoms with Gasteiger partial charge in [0.15, 0.2) is 0 Å². The molecule has 0 aromatic heterocycles. The molecule has 1 heterocycles. The molecule has 3 unspecified atom stereocenters. The van der Waals surface area contributed by atoms with E-state index in [-0.39, 0.29) is 29.5 Å². The van der Waals surface area contributed by atoms with Crippen LogP contribution in [0, 0.1) is 5.92 Å². The van der Waals surface area contributed by atoms with Crippen LogP contribution in [-0.4, -0.2) is 43.8 Å². The quantitative estimate of drug-likeness (QED) is 0.582. The highest BCUT2D eigenvalue weighted by Gasteiger charge is 2.42. The van der Waals surface area contributed by atoms with Crippen LogP contribution < -0.4 is 14.8 Å². The van der Waals surface area contributed by atoms with Gasteiger partial charge in [0.05, 0.1) is 7.11 Å². The zero-order chi connectivity index (χ0) is 24.9. The van der Waals surface area contributed by atoms with Crippen LogP contribution >= 0.6 is 0 Å². The third-order valence-corrected chi connectivity index (χ3v) is 7.33. The van der Waals surface area contributed by atoms with Gasteiger partial charge in [0.2, 0.25) is 0 Å². The lowest BCUT2D eigenvalue weighted by Gasteiger charge is -2.46. The zero-order valence-electron chi connectivity index (χ0n) is 21.4. The van der Waals surface area contributed by atoms with Crippen LogP contribution in [0.4, 0.5) is 4.79 Å². The Bertz CT molecular complexity index is 1270. The average molecular weight is 471 g/mol. The monoisotopic (exact) mass is 470 g/mol. The second-order valence-corrected chi connectivity index (χ2v) is 10.6. The number of benzene rings is 2. The van der Waals surface area contributed by atoms with Crippen molar-refractivity contribution in [2.24, 2.45) is 5.92 Å². The van der Waals surface area contributed by atoms with E-state index >= 15 is 0 Å². The fraction of sp³-hybridized carbons (Fsp3) is 0.367. The Morgan fingerprint density at radius 2 is 1.91 bits per heavy atom. The number of carbonyl (C=O) groups is 1. The Morgan fingerprint density at radius 1 is 1.14 bits per heavy atom. The first-order chi connectivity index (χ1) is 16.7. The summed E-state index contributed by atoms with van der Waals surface area (Å²) in [5.74, 6) is 1.89. The molecule has 0 bridgehead atoms. The topological polar surface area (TPSA) is 50.8 Å². The predicted molar refractivity (Wildman–Crippen MR) is 140 cm³/mol. The lowest BCUT2D eigenvalue weighted by atomic mass is 9.64. The minimum Gasteiger partial charge on any atom is -0.496 e. The maximum absolute atomic E-state index is 12.2. The van der Waals surface area contributed by atoms with Crippen molar-refractivity contribution in [3.63, 3.8) is 0 Å². The lowest BCUT2D eigenvalue weighted by Crippen LogP contribution is -2.53. The van der Waals surface area contributed by atoms with Gasteiger partial charge in [-0.05, 0) is 67.7 Å². The van der Waals surface area contributed by atoms with Gasteiger partial charge in [-0.1, -0.05) is 48.1 Å². The molecule has 0 radical (unpaired) electrons. The maximum atomic E-state index is 12.2. The Labute approximate surface area is 208 Å². The third-order valence-electron chi connectivity index (χ3n) is 7.33. The van der Waals surface area contributed by atoms with Crippen molar-refractivity contribution in [2.75, 3.05) is 21.2 Å². The first kappa shape index (κ1) is 23.4. The Kier molecular flexibility index (Phi) is 5.84. The highest BCUT2D eigenvalue weighted by molar-refractivity contribution is 5.87. The summed E-state index contributed by atoms with van der Waals surface area (Å²) in [5, 5.41) is 3.83. The fourth-order valence-electron chi connectivity index (χ4n) is 6.03. The van der Waals surface area contributed by atoms with Crippen molar-refractivity contribution < 1.29 is 14.3 Å². The summed E-state index contributed by atoms with van der Waals surface area (Å²) in [4.78, 5) is 13.7. The molecule has 0 fully saturated rings. The Hall–Kier alpha value is -3.31. The van der Waals surface area contributed by atoms with Crippen LogP contribution in [0.25, 0.3) is 5.57 Å². The summed E-state index contributed by atoms with van der Waals surface area (Å²) >= 11 is 0. The van der Waals surface area contributed by atoms with E-state index in [1.54, 1.807) is 21.2 Å². The lowest BCUT2D eigenvalue weighted by molar-refractivity contribution is 0.172. The van der Waals surface area contributed by atoms with Crippen molar-refractivity contribution >= 4 is 11.7 Å². The van der Waals surface area contributed by atoms with Crippen LogP contribution in [0.15, 0.2) is 71.8 Å². The second kappa shape index (κ2) is 8.72. The highest BCUT2D eigenvalue weighted by Crippen LogP contribution is 2.52. The van der Waals surface area contributed by atoms with E-state index in [4.69, 9.17) is 9.47 Å². The van der Waals surface area contributed by atoms with E-state index in [2.05, 4.69) is 68.6 Å². The molecule has 35 heavy (non-hydrogen) atoms. The number of nitrogens with zero attached hydrogens (tertiary/aromatic N) is 1. The molecule has 2 aromatic carbocycles. The first-order valence-corrected chi connectivity index (χ1v) is 12.2. The van der Waals surface area contributed by atoms with Gasteiger partial charge in [-0.2, -0.15) is 0 Å². The molecule has 2 aromatic rings. The highest BCUT2D eigenvalue weighted by atomic mass is 16.6. The molecule has 2 aliphatic carbocycles. The van der Waals surface area contributed by atoms with Crippen molar-refractivity contribution in [1.29, 1.82) is 0 Å². The molecule has 5 heteroatoms. The van der Waals surface area contributed by atoms with Crippen LogP contribution in [0.5, 0.6) is 11.5 Å². The smallest absolute Gasteiger partial charge is 0.414 e. The number of hydrogen-bond donors (Lipinski definition) is 1. The number of allylic oxidation sites excluding steroid dienone is 2. The Morgan fingerprint density at radius 3 is 2.66 bits per heavy atom. The molecular formula is C30H34N2O3. The van der Waals surface area contributed by atoms with E-state index in [9.17, 15) is 4.79 Å². The fourth-order valence-corrected chi connectivity index (χ4v) is 6.03. The van der Waals surface area contributed by atoms with E-state index in [1.165, 1.54) is 32.7 Å². The predicted octanol–water partition coefficient (Wildman–Crippen LogP) is 5.73. The van der Waals surface area contributed by atoms with Gasteiger partial charge in [-0.25, -0.2) is 4.79 Å². The largest absolute Gasteiger partial charge is 0.496 e. The van der Waals surface area contributed by atoms with E-state index in [0.29, 0.717) is 5.75 Å². The Balaban J connectivity index is 1.67. The van der Waals surface area contributed by atoms with Gasteiger partial charge in [0.1, 0.15) is 11.5 Å². The van der Waals surface area contributed by atoms with Crippen LogP contribution in [0.1, 0.15) is 43.4 Å². The number of amides is 1. The molecule has 3 aliphatic rings. The first-order valence-electron chi connectivity index (χ1n) is 12.2. The minimum atomic E-state index is -0.376. The molecule has 5 nitrogen and oxygen atoms in total. The second-order valence-electron chi connectivity index (χ2n) is 10.6. The summed E-state index contributed by atoms with van der Waals surface area (Å²) < 4.78 is 11.4. The van der Waals surface area contributed by atoms with Gasteiger partial charge < -0.3 is 19.7 Å². The van der Waals surface area contributed by atoms with E-state index in [0.717, 1.165) is 17.7 Å². The number of ether oxygens (including phenoxy) is 2. The molecular weight excluding hydrogens is 436 g/mol.